The van der Waals surface area contributed by atoms with Gasteiger partial charge < -0.3 is 14.2 Å². The van der Waals surface area contributed by atoms with Gasteiger partial charge >= 0.3 is 0 Å². The smallest absolute Gasteiger partial charge is 0.154 e. The van der Waals surface area contributed by atoms with E-state index >= 15 is 0 Å². The highest BCUT2D eigenvalue weighted by molar-refractivity contribution is 5.08. The van der Waals surface area contributed by atoms with Gasteiger partial charge in [0.15, 0.2) is 5.76 Å². The van der Waals surface area contributed by atoms with Crippen LogP contribution in [-0.4, -0.2) is 38.7 Å². The number of methoxy groups -OCH3 is 2. The molecule has 0 aromatic rings. The van der Waals surface area contributed by atoms with Crippen molar-refractivity contribution in [3.8, 4) is 0 Å². The van der Waals surface area contributed by atoms with Gasteiger partial charge in [0.2, 0.25) is 0 Å². The Morgan fingerprint density at radius 1 is 1.35 bits per heavy atom. The Morgan fingerprint density at radius 2 is 1.95 bits per heavy atom. The number of hydrogen-bond acceptors (Lipinski definition) is 4. The minimum Gasteiger partial charge on any atom is -0.491 e. The molecule has 0 radical (unpaired) electrons. The zero-order valence-electron chi connectivity index (χ0n) is 13.2. The Labute approximate surface area is 122 Å². The summed E-state index contributed by atoms with van der Waals surface area (Å²) in [6, 6.07) is 0.0529. The zero-order chi connectivity index (χ0) is 14.9. The molecule has 1 N–H and O–H groups in total. The molecule has 20 heavy (non-hydrogen) atoms. The second kappa shape index (κ2) is 5.90. The largest absolute Gasteiger partial charge is 0.491 e. The first-order chi connectivity index (χ1) is 9.45. The third kappa shape index (κ3) is 2.94. The molecule has 0 amide bonds. The third-order valence-corrected chi connectivity index (χ3v) is 4.57. The lowest BCUT2D eigenvalue weighted by Gasteiger charge is -2.38. The Balaban J connectivity index is 2.09. The van der Waals surface area contributed by atoms with Gasteiger partial charge in [-0.3, -0.25) is 5.32 Å². The molecule has 5 atom stereocenters. The number of rotatable bonds is 7. The van der Waals surface area contributed by atoms with Crippen molar-refractivity contribution in [3.63, 3.8) is 0 Å². The second-order valence-electron chi connectivity index (χ2n) is 6.52. The fraction of sp³-hybridized carbons (Fsp3) is 0.812. The number of nitrogens with one attached hydrogen (secondary N) is 1. The molecule has 1 heterocycles. The van der Waals surface area contributed by atoms with Crippen LogP contribution < -0.4 is 5.32 Å². The SMILES string of the molecule is C=C=C(OC)[C@H](NC(OC)C1(C)C[C@@H]2O[C@@H]2C1)C(C)C. The molecule has 2 aliphatic rings. The van der Waals surface area contributed by atoms with Crippen LogP contribution in [0.2, 0.25) is 0 Å². The monoisotopic (exact) mass is 281 g/mol. The van der Waals surface area contributed by atoms with Crippen LogP contribution in [0, 0.1) is 11.3 Å². The summed E-state index contributed by atoms with van der Waals surface area (Å²) in [5.41, 5.74) is 2.99. The molecule has 0 aromatic carbocycles. The Morgan fingerprint density at radius 3 is 2.35 bits per heavy atom. The molecule has 0 bridgehead atoms. The minimum absolute atomic E-state index is 0.0233. The molecule has 0 spiro atoms. The van der Waals surface area contributed by atoms with Crippen molar-refractivity contribution in [3.05, 3.63) is 18.1 Å². The molecule has 2 unspecified atom stereocenters. The van der Waals surface area contributed by atoms with E-state index < -0.39 is 0 Å². The Bertz CT molecular complexity index is 391. The summed E-state index contributed by atoms with van der Waals surface area (Å²) in [5, 5.41) is 3.59. The molecule has 1 saturated heterocycles. The van der Waals surface area contributed by atoms with Crippen LogP contribution in [-0.2, 0) is 14.2 Å². The highest BCUT2D eigenvalue weighted by atomic mass is 16.6. The number of hydrogen-bond donors (Lipinski definition) is 1. The number of fused-ring (bicyclic) bond motifs is 1. The molecule has 2 rings (SSSR count). The van der Waals surface area contributed by atoms with E-state index in [4.69, 9.17) is 14.2 Å². The summed E-state index contributed by atoms with van der Waals surface area (Å²) in [5.74, 6) is 1.11. The van der Waals surface area contributed by atoms with E-state index in [9.17, 15) is 0 Å². The van der Waals surface area contributed by atoms with Crippen molar-refractivity contribution in [2.75, 3.05) is 14.2 Å². The molecular weight excluding hydrogens is 254 g/mol. The van der Waals surface area contributed by atoms with Gasteiger partial charge in [-0.2, -0.15) is 0 Å². The van der Waals surface area contributed by atoms with Gasteiger partial charge in [0, 0.05) is 12.5 Å². The van der Waals surface area contributed by atoms with Crippen molar-refractivity contribution < 1.29 is 14.2 Å². The number of ether oxygens (including phenoxy) is 3. The van der Waals surface area contributed by atoms with E-state index in [0.717, 1.165) is 18.6 Å². The van der Waals surface area contributed by atoms with Crippen LogP contribution in [0.1, 0.15) is 33.6 Å². The van der Waals surface area contributed by atoms with Gasteiger partial charge in [-0.1, -0.05) is 33.1 Å². The summed E-state index contributed by atoms with van der Waals surface area (Å²) in [4.78, 5) is 0. The lowest BCUT2D eigenvalue weighted by Crippen LogP contribution is -2.51. The Hall–Kier alpha value is -0.800. The highest BCUT2D eigenvalue weighted by Gasteiger charge is 2.57. The van der Waals surface area contributed by atoms with Gasteiger partial charge in [0.05, 0.1) is 25.4 Å². The molecule has 4 nitrogen and oxygen atoms in total. The average Bonchev–Trinajstić information content (AvgIpc) is 3.02. The molecule has 4 heteroatoms. The maximum atomic E-state index is 5.74. The molecule has 0 aromatic heterocycles. The van der Waals surface area contributed by atoms with Crippen LogP contribution >= 0.6 is 0 Å². The first kappa shape index (κ1) is 15.6. The first-order valence-corrected chi connectivity index (χ1v) is 7.33. The first-order valence-electron chi connectivity index (χ1n) is 7.33. The normalized spacial score (nSPS) is 34.3. The van der Waals surface area contributed by atoms with E-state index in [1.165, 1.54) is 0 Å². The van der Waals surface area contributed by atoms with E-state index in [-0.39, 0.29) is 17.7 Å². The zero-order valence-corrected chi connectivity index (χ0v) is 13.2. The van der Waals surface area contributed by atoms with Crippen molar-refractivity contribution >= 4 is 0 Å². The predicted octanol–water partition coefficient (Wildman–Crippen LogP) is 2.46. The van der Waals surface area contributed by atoms with Crippen LogP contribution in [0.5, 0.6) is 0 Å². The van der Waals surface area contributed by atoms with Gasteiger partial charge in [-0.05, 0) is 18.8 Å². The summed E-state index contributed by atoms with van der Waals surface area (Å²) >= 11 is 0. The van der Waals surface area contributed by atoms with Crippen LogP contribution in [0.4, 0.5) is 0 Å². The van der Waals surface area contributed by atoms with Crippen LogP contribution in [0.15, 0.2) is 18.1 Å². The van der Waals surface area contributed by atoms with Crippen molar-refractivity contribution in [1.29, 1.82) is 0 Å². The maximum absolute atomic E-state index is 5.74. The fourth-order valence-electron chi connectivity index (χ4n) is 3.35. The topological polar surface area (TPSA) is 43.0 Å². The van der Waals surface area contributed by atoms with Crippen molar-refractivity contribution in [2.45, 2.75) is 58.1 Å². The van der Waals surface area contributed by atoms with E-state index in [0.29, 0.717) is 18.1 Å². The molecular formula is C16H27NO3. The predicted molar refractivity (Wildman–Crippen MR) is 78.2 cm³/mol. The average molecular weight is 281 g/mol. The molecule has 1 aliphatic carbocycles. The van der Waals surface area contributed by atoms with E-state index in [1.54, 1.807) is 14.2 Å². The Kier molecular flexibility index (Phi) is 4.60. The molecule has 1 saturated carbocycles. The molecule has 2 fully saturated rings. The highest BCUT2D eigenvalue weighted by Crippen LogP contribution is 2.51. The molecule has 1 aliphatic heterocycles. The molecule has 114 valence electrons. The lowest BCUT2D eigenvalue weighted by molar-refractivity contribution is -0.0501. The van der Waals surface area contributed by atoms with Crippen molar-refractivity contribution in [1.82, 2.24) is 5.32 Å². The summed E-state index contributed by atoms with van der Waals surface area (Å²) in [7, 11) is 3.42. The standard InChI is InChI=1S/C16H27NO3/c1-7-11(18-5)14(10(2)3)17-15(19-6)16(4)8-12-13(9-16)20-12/h10,12-15,17H,1,8-9H2,2-6H3/t12-,13+,14-,15?,16?/m1/s1. The van der Waals surface area contributed by atoms with Crippen LogP contribution in [0.3, 0.4) is 0 Å². The van der Waals surface area contributed by atoms with E-state index in [2.05, 4.69) is 38.4 Å². The third-order valence-electron chi connectivity index (χ3n) is 4.57. The quantitative estimate of drug-likeness (QED) is 0.337. The fourth-order valence-corrected chi connectivity index (χ4v) is 3.35. The summed E-state index contributed by atoms with van der Waals surface area (Å²) in [6.45, 7) is 10.3. The lowest BCUT2D eigenvalue weighted by atomic mass is 9.84. The van der Waals surface area contributed by atoms with Gasteiger partial charge in [0.25, 0.3) is 0 Å². The van der Waals surface area contributed by atoms with Crippen molar-refractivity contribution in [2.24, 2.45) is 11.3 Å². The maximum Gasteiger partial charge on any atom is 0.154 e. The van der Waals surface area contributed by atoms with Gasteiger partial charge in [0.1, 0.15) is 6.23 Å². The second-order valence-corrected chi connectivity index (χ2v) is 6.52. The summed E-state index contributed by atoms with van der Waals surface area (Å²) < 4.78 is 16.7. The minimum atomic E-state index is -0.0233. The number of epoxide rings is 1. The summed E-state index contributed by atoms with van der Waals surface area (Å²) in [6.07, 6.45) is 2.95. The van der Waals surface area contributed by atoms with Gasteiger partial charge in [-0.15, -0.1) is 0 Å². The van der Waals surface area contributed by atoms with Crippen LogP contribution in [0.25, 0.3) is 0 Å². The van der Waals surface area contributed by atoms with Gasteiger partial charge in [-0.25, -0.2) is 0 Å². The van der Waals surface area contributed by atoms with E-state index in [1.807, 2.05) is 0 Å².